The highest BCUT2D eigenvalue weighted by Gasteiger charge is 2.30. The first-order valence-corrected chi connectivity index (χ1v) is 40.3. The van der Waals surface area contributed by atoms with Crippen LogP contribution in [0.1, 0.15) is 336 Å². The minimum absolute atomic E-state index is 0.0782. The topological polar surface area (TPSA) is 237 Å². The Balaban J connectivity index is 5.33. The molecule has 0 spiro atoms. The second kappa shape index (κ2) is 66.3. The zero-order valence-electron chi connectivity index (χ0n) is 59.4. The summed E-state index contributed by atoms with van der Waals surface area (Å²) in [6.45, 7) is 7.13. The number of phosphoric acid groups is 2. The average molecular weight is 1360 g/mol. The van der Waals surface area contributed by atoms with Crippen molar-refractivity contribution in [3.63, 3.8) is 0 Å². The Bertz CT molecular complexity index is 1980. The second-order valence-corrected chi connectivity index (χ2v) is 28.5. The molecule has 19 heteroatoms. The molecule has 0 heterocycles. The molecule has 0 saturated carbocycles. The van der Waals surface area contributed by atoms with Gasteiger partial charge in [-0.05, 0) is 83.0 Å². The first-order valence-electron chi connectivity index (χ1n) is 37.3. The van der Waals surface area contributed by atoms with E-state index in [1.165, 1.54) is 128 Å². The number of carbonyl (C=O) groups is 4. The summed E-state index contributed by atoms with van der Waals surface area (Å²) in [4.78, 5) is 72.7. The first-order chi connectivity index (χ1) is 45.1. The van der Waals surface area contributed by atoms with Gasteiger partial charge >= 0.3 is 39.5 Å². The first kappa shape index (κ1) is 90.0. The number of esters is 4. The molecule has 93 heavy (non-hydrogen) atoms. The fourth-order valence-corrected chi connectivity index (χ4v) is 11.8. The van der Waals surface area contributed by atoms with Crippen molar-refractivity contribution >= 4 is 39.5 Å². The Morgan fingerprint density at radius 2 is 0.602 bits per heavy atom. The molecule has 0 aromatic heterocycles. The van der Waals surface area contributed by atoms with E-state index < -0.39 is 97.5 Å². The van der Waals surface area contributed by atoms with Crippen LogP contribution in [0.4, 0.5) is 0 Å². The van der Waals surface area contributed by atoms with Crippen LogP contribution in [0, 0.1) is 5.92 Å². The number of rotatable bonds is 70. The van der Waals surface area contributed by atoms with Gasteiger partial charge in [-0.15, -0.1) is 0 Å². The average Bonchev–Trinajstić information content (AvgIpc) is 3.69. The molecule has 0 fully saturated rings. The molecule has 0 bridgehead atoms. The molecule has 3 N–H and O–H groups in total. The van der Waals surface area contributed by atoms with Gasteiger partial charge < -0.3 is 33.8 Å². The van der Waals surface area contributed by atoms with E-state index in [-0.39, 0.29) is 25.7 Å². The molecule has 0 saturated heterocycles. The van der Waals surface area contributed by atoms with E-state index in [1.54, 1.807) is 0 Å². The minimum Gasteiger partial charge on any atom is -0.462 e. The van der Waals surface area contributed by atoms with Crippen LogP contribution in [0.2, 0.25) is 0 Å². The number of unbranched alkanes of at least 4 members (excludes halogenated alkanes) is 35. The monoisotopic (exact) mass is 1360 g/mol. The van der Waals surface area contributed by atoms with E-state index in [1.807, 2.05) is 0 Å². The zero-order chi connectivity index (χ0) is 68.4. The molecule has 3 unspecified atom stereocenters. The molecule has 0 rings (SSSR count). The largest absolute Gasteiger partial charge is 0.472 e. The normalized spacial score (nSPS) is 14.6. The summed E-state index contributed by atoms with van der Waals surface area (Å²) in [5.74, 6) is -1.41. The van der Waals surface area contributed by atoms with Crippen LogP contribution >= 0.6 is 15.6 Å². The Morgan fingerprint density at radius 3 is 0.914 bits per heavy atom. The molecule has 0 aliphatic heterocycles. The molecule has 0 aromatic rings. The maximum Gasteiger partial charge on any atom is 0.472 e. The lowest BCUT2D eigenvalue weighted by Crippen LogP contribution is -2.30. The third kappa shape index (κ3) is 66.1. The van der Waals surface area contributed by atoms with Crippen molar-refractivity contribution in [1.29, 1.82) is 0 Å². The van der Waals surface area contributed by atoms with Crippen molar-refractivity contribution in [2.24, 2.45) is 5.92 Å². The minimum atomic E-state index is -4.97. The fourth-order valence-electron chi connectivity index (χ4n) is 10.2. The number of aliphatic hydroxyl groups is 1. The van der Waals surface area contributed by atoms with Gasteiger partial charge in [-0.2, -0.15) is 0 Å². The number of phosphoric ester groups is 2. The Hall–Kier alpha value is -2.98. The quantitative estimate of drug-likeness (QED) is 0.0169. The number of hydrogen-bond acceptors (Lipinski definition) is 15. The molecule has 17 nitrogen and oxygen atoms in total. The molecule has 0 aromatic carbocycles. The van der Waals surface area contributed by atoms with Crippen LogP contribution in [0.3, 0.4) is 0 Å². The summed E-state index contributed by atoms with van der Waals surface area (Å²) in [5, 5.41) is 10.6. The Morgan fingerprint density at radius 1 is 0.344 bits per heavy atom. The Kier molecular flexibility index (Phi) is 64.1. The predicted octanol–water partition coefficient (Wildman–Crippen LogP) is 20.8. The van der Waals surface area contributed by atoms with Gasteiger partial charge in [0, 0.05) is 25.7 Å². The highest BCUT2D eigenvalue weighted by Crippen LogP contribution is 2.45. The van der Waals surface area contributed by atoms with Crippen molar-refractivity contribution in [2.75, 3.05) is 39.6 Å². The van der Waals surface area contributed by atoms with Crippen LogP contribution in [-0.2, 0) is 65.4 Å². The number of carbonyl (C=O) groups excluding carboxylic acids is 4. The van der Waals surface area contributed by atoms with Gasteiger partial charge in [0.2, 0.25) is 0 Å². The van der Waals surface area contributed by atoms with Gasteiger partial charge in [-0.25, -0.2) is 9.13 Å². The van der Waals surface area contributed by atoms with Crippen molar-refractivity contribution in [1.82, 2.24) is 0 Å². The van der Waals surface area contributed by atoms with E-state index in [0.717, 1.165) is 128 Å². The molecular weight excluding hydrogens is 1220 g/mol. The van der Waals surface area contributed by atoms with E-state index in [0.29, 0.717) is 25.7 Å². The van der Waals surface area contributed by atoms with E-state index in [4.69, 9.17) is 37.0 Å². The van der Waals surface area contributed by atoms with Crippen LogP contribution in [0.25, 0.3) is 0 Å². The number of hydrogen-bond donors (Lipinski definition) is 3. The lowest BCUT2D eigenvalue weighted by Gasteiger charge is -2.21. The van der Waals surface area contributed by atoms with E-state index in [2.05, 4.69) is 83.2 Å². The fraction of sp³-hybridized carbons (Fsp3) is 0.838. The lowest BCUT2D eigenvalue weighted by atomic mass is 9.99. The molecule has 544 valence electrons. The van der Waals surface area contributed by atoms with Crippen molar-refractivity contribution < 1.29 is 80.2 Å². The molecular formula is C74H136O17P2. The maximum atomic E-state index is 13.0. The SMILES string of the molecule is CCCCCC/C=C\C=C/CCCCCCCC(=O)OC[C@H](COP(=O)(O)OC[C@@H](O)COP(=O)(O)OC[C@@H](COC(=O)CCCCCCCCCCCCC)OC(=O)CCCCCCCCCCC(C)CC)OC(=O)CCCCCCC/C=C\C=C/CCCCCC. The number of aliphatic hydroxyl groups excluding tert-OH is 1. The standard InChI is InChI=1S/C74H136O17P2/c1-6-10-13-16-19-22-25-27-29-31-34-37-43-48-53-58-72(77)85-63-69(90-73(78)59-54-49-44-38-35-32-30-28-26-23-20-17-14-11-7-2)65-88-92(80,81)86-61-68(75)62-87-93(82,83)89-66-70(64-84-71(76)57-52-47-42-36-33-24-21-18-15-12-8-3)91-74(79)60-55-50-45-40-39-41-46-51-56-67(5)9-4/h22-23,25-30,67-70,75H,6-21,24,31-66H2,1-5H3,(H,80,81)(H,82,83)/b25-22-,26-23-,29-27-,30-28-/t67?,68-,69-,70-/m1/s1. The summed E-state index contributed by atoms with van der Waals surface area (Å²) >= 11 is 0. The van der Waals surface area contributed by atoms with Gasteiger partial charge in [-0.1, -0.05) is 282 Å². The summed E-state index contributed by atoms with van der Waals surface area (Å²) in [6.07, 6.45) is 59.7. The molecule has 6 atom stereocenters. The van der Waals surface area contributed by atoms with Gasteiger partial charge in [0.15, 0.2) is 12.2 Å². The predicted molar refractivity (Wildman–Crippen MR) is 377 cm³/mol. The van der Waals surface area contributed by atoms with Gasteiger partial charge in [0.05, 0.1) is 26.4 Å². The number of ether oxygens (including phenoxy) is 4. The van der Waals surface area contributed by atoms with E-state index in [9.17, 15) is 43.2 Å². The molecule has 0 amide bonds. The third-order valence-corrected chi connectivity index (χ3v) is 18.3. The van der Waals surface area contributed by atoms with Crippen LogP contribution < -0.4 is 0 Å². The smallest absolute Gasteiger partial charge is 0.462 e. The van der Waals surface area contributed by atoms with E-state index >= 15 is 0 Å². The van der Waals surface area contributed by atoms with Crippen molar-refractivity contribution in [2.45, 2.75) is 355 Å². The van der Waals surface area contributed by atoms with Gasteiger partial charge in [-0.3, -0.25) is 37.3 Å². The lowest BCUT2D eigenvalue weighted by molar-refractivity contribution is -0.161. The second-order valence-electron chi connectivity index (χ2n) is 25.6. The van der Waals surface area contributed by atoms with Crippen LogP contribution in [0.5, 0.6) is 0 Å². The van der Waals surface area contributed by atoms with Crippen molar-refractivity contribution in [3.8, 4) is 0 Å². The summed E-state index contributed by atoms with van der Waals surface area (Å²) in [7, 11) is -9.93. The van der Waals surface area contributed by atoms with Gasteiger partial charge in [0.25, 0.3) is 0 Å². The summed E-state index contributed by atoms with van der Waals surface area (Å²) < 4.78 is 68.3. The Labute approximate surface area is 566 Å². The zero-order valence-corrected chi connectivity index (χ0v) is 61.1. The maximum absolute atomic E-state index is 13.0. The highest BCUT2D eigenvalue weighted by molar-refractivity contribution is 7.47. The molecule has 0 aliphatic carbocycles. The molecule has 0 radical (unpaired) electrons. The van der Waals surface area contributed by atoms with Crippen molar-refractivity contribution in [3.05, 3.63) is 48.6 Å². The molecule has 0 aliphatic rings. The van der Waals surface area contributed by atoms with Gasteiger partial charge in [0.1, 0.15) is 19.3 Å². The van der Waals surface area contributed by atoms with Crippen LogP contribution in [-0.4, -0.2) is 96.7 Å². The summed E-state index contributed by atoms with van der Waals surface area (Å²) in [6, 6.07) is 0. The highest BCUT2D eigenvalue weighted by atomic mass is 31.2. The summed E-state index contributed by atoms with van der Waals surface area (Å²) in [5.41, 5.74) is 0. The van der Waals surface area contributed by atoms with Crippen LogP contribution in [0.15, 0.2) is 48.6 Å². The number of allylic oxidation sites excluding steroid dienone is 8. The third-order valence-electron chi connectivity index (χ3n) is 16.4.